The van der Waals surface area contributed by atoms with E-state index in [1.54, 1.807) is 0 Å². The lowest BCUT2D eigenvalue weighted by molar-refractivity contribution is -0.119. The Balaban J connectivity index is 1.48. The molecule has 0 saturated carbocycles. The van der Waals surface area contributed by atoms with E-state index in [4.69, 9.17) is 14.6 Å². The molecule has 0 atom stereocenters. The Morgan fingerprint density at radius 2 is 1.94 bits per heavy atom. The summed E-state index contributed by atoms with van der Waals surface area (Å²) in [6.45, 7) is 10.8. The summed E-state index contributed by atoms with van der Waals surface area (Å²) in [6.07, 6.45) is 0.686. The normalized spacial score (nSPS) is 11.7. The Morgan fingerprint density at radius 3 is 2.59 bits per heavy atom. The zero-order valence-corrected chi connectivity index (χ0v) is 21.3. The number of rotatable bonds is 8. The van der Waals surface area contributed by atoms with Crippen molar-refractivity contribution < 1.29 is 9.32 Å². The van der Waals surface area contributed by atoms with Crippen molar-refractivity contribution in [2.75, 3.05) is 30.4 Å². The van der Waals surface area contributed by atoms with Crippen molar-refractivity contribution in [2.45, 2.75) is 46.6 Å². The van der Waals surface area contributed by atoms with E-state index in [1.165, 1.54) is 11.3 Å². The molecule has 0 radical (unpaired) electrons. The van der Waals surface area contributed by atoms with E-state index in [2.05, 4.69) is 36.6 Å². The zero-order valence-electron chi connectivity index (χ0n) is 20.5. The highest BCUT2D eigenvalue weighted by atomic mass is 32.1. The van der Waals surface area contributed by atoms with Gasteiger partial charge >= 0.3 is 0 Å². The third kappa shape index (κ3) is 5.22. The third-order valence-corrected chi connectivity index (χ3v) is 6.34. The molecule has 4 rings (SSSR count). The maximum Gasteiger partial charge on any atom is 0.239 e. The predicted molar refractivity (Wildman–Crippen MR) is 136 cm³/mol. The molecule has 34 heavy (non-hydrogen) atoms. The molecule has 0 saturated heterocycles. The number of anilines is 2. The molecule has 1 aromatic carbocycles. The first kappa shape index (κ1) is 23.7. The number of carbonyl (C=O) groups is 1. The maximum atomic E-state index is 12.5. The summed E-state index contributed by atoms with van der Waals surface area (Å²) in [6, 6.07) is 10.1. The molecule has 4 aromatic rings. The molecule has 0 aliphatic heterocycles. The van der Waals surface area contributed by atoms with Crippen LogP contribution >= 0.6 is 11.3 Å². The second-order valence-corrected chi connectivity index (χ2v) is 10.3. The fourth-order valence-electron chi connectivity index (χ4n) is 3.68. The Bertz CT molecular complexity index is 1260. The van der Waals surface area contributed by atoms with Crippen molar-refractivity contribution in [3.05, 3.63) is 47.3 Å². The Kier molecular flexibility index (Phi) is 6.60. The van der Waals surface area contributed by atoms with Crippen LogP contribution < -0.4 is 15.5 Å². The second kappa shape index (κ2) is 9.46. The molecular formula is C24H31N7O2S. The number of benzene rings is 1. The van der Waals surface area contributed by atoms with Crippen LogP contribution in [0.1, 0.15) is 37.8 Å². The first-order valence-corrected chi connectivity index (χ1v) is 12.1. The van der Waals surface area contributed by atoms with Crippen molar-refractivity contribution in [3.63, 3.8) is 0 Å². The van der Waals surface area contributed by atoms with Crippen LogP contribution in [0, 0.1) is 13.8 Å². The van der Waals surface area contributed by atoms with Gasteiger partial charge in [0.05, 0.1) is 12.2 Å². The van der Waals surface area contributed by atoms with Crippen LogP contribution in [-0.2, 0) is 11.2 Å². The van der Waals surface area contributed by atoms with Gasteiger partial charge in [-0.15, -0.1) is 5.10 Å². The van der Waals surface area contributed by atoms with Gasteiger partial charge in [0, 0.05) is 30.3 Å². The van der Waals surface area contributed by atoms with Crippen LogP contribution in [0.15, 0.2) is 34.9 Å². The summed E-state index contributed by atoms with van der Waals surface area (Å²) in [5.74, 6) is 1.57. The average Bonchev–Trinajstić information content (AvgIpc) is 3.43. The largest absolute Gasteiger partial charge is 0.364 e. The van der Waals surface area contributed by atoms with Crippen molar-refractivity contribution in [1.82, 2.24) is 25.1 Å². The molecule has 0 bridgehead atoms. The first-order chi connectivity index (χ1) is 16.1. The molecule has 10 heteroatoms. The lowest BCUT2D eigenvalue weighted by Gasteiger charge is -2.22. The molecule has 0 unspecified atom stereocenters. The van der Waals surface area contributed by atoms with Crippen molar-refractivity contribution in [2.24, 2.45) is 0 Å². The Hall–Kier alpha value is -3.40. The van der Waals surface area contributed by atoms with Crippen LogP contribution in [0.5, 0.6) is 0 Å². The number of imidazole rings is 1. The molecule has 3 heterocycles. The highest BCUT2D eigenvalue weighted by molar-refractivity contribution is 7.20. The summed E-state index contributed by atoms with van der Waals surface area (Å²) >= 11 is 1.45. The monoisotopic (exact) mass is 481 g/mol. The van der Waals surface area contributed by atoms with Crippen LogP contribution in [0.3, 0.4) is 0 Å². The molecule has 9 nitrogen and oxygen atoms in total. The summed E-state index contributed by atoms with van der Waals surface area (Å²) in [5, 5.41) is 16.0. The minimum absolute atomic E-state index is 0.0693. The molecule has 1 amide bonds. The molecule has 0 fully saturated rings. The van der Waals surface area contributed by atoms with Crippen LogP contribution in [-0.4, -0.2) is 51.3 Å². The number of hydrogen-bond donors (Lipinski definition) is 2. The van der Waals surface area contributed by atoms with Crippen molar-refractivity contribution in [1.29, 1.82) is 0 Å². The van der Waals surface area contributed by atoms with E-state index in [0.717, 1.165) is 44.2 Å². The number of likely N-dealkylation sites (N-methyl/N-ethyl adjacent to an activating group) is 1. The predicted octanol–water partition coefficient (Wildman–Crippen LogP) is 4.07. The molecule has 3 aromatic heterocycles. The van der Waals surface area contributed by atoms with E-state index in [9.17, 15) is 4.79 Å². The minimum atomic E-state index is -0.170. The lowest BCUT2D eigenvalue weighted by atomic mass is 10.1. The van der Waals surface area contributed by atoms with Gasteiger partial charge in [-0.3, -0.25) is 4.79 Å². The summed E-state index contributed by atoms with van der Waals surface area (Å²) < 4.78 is 7.01. The zero-order chi connectivity index (χ0) is 24.5. The minimum Gasteiger partial charge on any atom is -0.364 e. The van der Waals surface area contributed by atoms with Crippen LogP contribution in [0.4, 0.5) is 10.9 Å². The van der Waals surface area contributed by atoms with Crippen LogP contribution in [0.25, 0.3) is 16.2 Å². The van der Waals surface area contributed by atoms with Gasteiger partial charge in [0.15, 0.2) is 5.82 Å². The van der Waals surface area contributed by atoms with E-state index in [-0.39, 0.29) is 18.0 Å². The van der Waals surface area contributed by atoms with E-state index in [1.807, 2.05) is 60.6 Å². The van der Waals surface area contributed by atoms with Gasteiger partial charge < -0.3 is 20.1 Å². The highest BCUT2D eigenvalue weighted by Crippen LogP contribution is 2.34. The highest BCUT2D eigenvalue weighted by Gasteiger charge is 2.23. The Labute approximate surface area is 203 Å². The molecular weight excluding hydrogens is 450 g/mol. The fraction of sp³-hybridized carbons (Fsp3) is 0.417. The van der Waals surface area contributed by atoms with E-state index >= 15 is 0 Å². The molecule has 180 valence electrons. The smallest absolute Gasteiger partial charge is 0.239 e. The van der Waals surface area contributed by atoms with Gasteiger partial charge in [0.1, 0.15) is 11.5 Å². The number of nitrogens with one attached hydrogen (secondary N) is 2. The summed E-state index contributed by atoms with van der Waals surface area (Å²) in [4.78, 5) is 20.0. The number of fused-ring (bicyclic) bond motifs is 1. The standard InChI is InChI=1S/C24H31N7O2S/c1-15-18(16(2)33-29-15)12-13-25-19(32)14-30(6)23-28-31-21(27-24(3,4)5)20(26-22(31)34-23)17-10-8-7-9-11-17/h7-11,27H,12-14H2,1-6H3,(H,25,32). The number of amides is 1. The van der Waals surface area contributed by atoms with Crippen molar-refractivity contribution in [3.8, 4) is 11.3 Å². The van der Waals surface area contributed by atoms with Gasteiger partial charge in [-0.2, -0.15) is 4.52 Å². The first-order valence-electron chi connectivity index (χ1n) is 11.2. The quantitative estimate of drug-likeness (QED) is 0.391. The SMILES string of the molecule is Cc1noc(C)c1CCNC(=O)CN(C)c1nn2c(NC(C)(C)C)c(-c3ccccc3)nc2s1. The number of hydrogen-bond acceptors (Lipinski definition) is 8. The number of aryl methyl sites for hydroxylation is 2. The molecule has 0 aliphatic rings. The fourth-order valence-corrected chi connectivity index (χ4v) is 4.54. The lowest BCUT2D eigenvalue weighted by Crippen LogP contribution is -2.36. The molecule has 0 aliphatic carbocycles. The number of carbonyl (C=O) groups excluding carboxylic acids is 1. The van der Waals surface area contributed by atoms with Crippen LogP contribution in [0.2, 0.25) is 0 Å². The van der Waals surface area contributed by atoms with Gasteiger partial charge in [0.2, 0.25) is 16.0 Å². The average molecular weight is 482 g/mol. The van der Waals surface area contributed by atoms with Gasteiger partial charge in [-0.05, 0) is 41.0 Å². The van der Waals surface area contributed by atoms with Gasteiger partial charge in [-0.1, -0.05) is 46.8 Å². The molecule has 2 N–H and O–H groups in total. The van der Waals surface area contributed by atoms with Crippen molar-refractivity contribution >= 4 is 33.2 Å². The number of nitrogens with zero attached hydrogens (tertiary/aromatic N) is 5. The summed E-state index contributed by atoms with van der Waals surface area (Å²) in [7, 11) is 1.86. The van der Waals surface area contributed by atoms with Gasteiger partial charge in [0.25, 0.3) is 0 Å². The third-order valence-electron chi connectivity index (χ3n) is 5.32. The topological polar surface area (TPSA) is 101 Å². The van der Waals surface area contributed by atoms with E-state index < -0.39 is 0 Å². The Morgan fingerprint density at radius 1 is 1.21 bits per heavy atom. The number of aromatic nitrogens is 4. The van der Waals surface area contributed by atoms with E-state index in [0.29, 0.717) is 13.0 Å². The maximum absolute atomic E-state index is 12.5. The summed E-state index contributed by atoms with van der Waals surface area (Å²) in [5.41, 5.74) is 3.63. The molecule has 0 spiro atoms. The van der Waals surface area contributed by atoms with Gasteiger partial charge in [-0.25, -0.2) is 4.98 Å². The second-order valence-electron chi connectivity index (χ2n) is 9.39.